The van der Waals surface area contributed by atoms with Gasteiger partial charge in [0.2, 0.25) is 5.91 Å². The minimum atomic E-state index is 0.156. The molecule has 0 unspecified atom stereocenters. The molecule has 92 valence electrons. The highest BCUT2D eigenvalue weighted by Crippen LogP contribution is 2.12. The largest absolute Gasteiger partial charge is 0.338 e. The van der Waals surface area contributed by atoms with Gasteiger partial charge in [0.15, 0.2) is 0 Å². The molecular formula is C15H16N2O. The molecule has 1 aromatic carbocycles. The maximum Gasteiger partial charge on any atom is 0.227 e. The summed E-state index contributed by atoms with van der Waals surface area (Å²) in [7, 11) is 0. The van der Waals surface area contributed by atoms with Crippen molar-refractivity contribution in [2.75, 3.05) is 13.1 Å². The summed E-state index contributed by atoms with van der Waals surface area (Å²) in [6.07, 6.45) is 3.50. The van der Waals surface area contributed by atoms with Crippen LogP contribution in [0.5, 0.6) is 0 Å². The first kappa shape index (κ1) is 12.4. The van der Waals surface area contributed by atoms with E-state index < -0.39 is 0 Å². The van der Waals surface area contributed by atoms with Gasteiger partial charge in [0.05, 0.1) is 18.1 Å². The number of benzene rings is 1. The predicted octanol–water partition coefficient (Wildman–Crippen LogP) is 2.28. The van der Waals surface area contributed by atoms with Crippen molar-refractivity contribution in [2.24, 2.45) is 0 Å². The fourth-order valence-corrected chi connectivity index (χ4v) is 1.98. The van der Waals surface area contributed by atoms with Gasteiger partial charge in [-0.05, 0) is 31.0 Å². The van der Waals surface area contributed by atoms with Crippen LogP contribution >= 0.6 is 0 Å². The van der Waals surface area contributed by atoms with Gasteiger partial charge in [0.1, 0.15) is 0 Å². The highest BCUT2D eigenvalue weighted by Gasteiger charge is 2.15. The van der Waals surface area contributed by atoms with Gasteiger partial charge in [-0.25, -0.2) is 0 Å². The second-order valence-electron chi connectivity index (χ2n) is 4.63. The Labute approximate surface area is 107 Å². The summed E-state index contributed by atoms with van der Waals surface area (Å²) >= 11 is 0. The van der Waals surface area contributed by atoms with Gasteiger partial charge in [-0.1, -0.05) is 23.8 Å². The Hall–Kier alpha value is -2.08. The van der Waals surface area contributed by atoms with Crippen LogP contribution in [-0.4, -0.2) is 23.9 Å². The second kappa shape index (κ2) is 5.50. The SMILES string of the molecule is CC1=CCN(C(=O)Cc2ccc(C#N)cc2)CC1. The fraction of sp³-hybridized carbons (Fsp3) is 0.333. The molecule has 1 amide bonds. The van der Waals surface area contributed by atoms with Crippen LogP contribution in [0.15, 0.2) is 35.9 Å². The lowest BCUT2D eigenvalue weighted by molar-refractivity contribution is -0.130. The molecule has 0 aromatic heterocycles. The van der Waals surface area contributed by atoms with E-state index in [4.69, 9.17) is 5.26 Å². The zero-order valence-electron chi connectivity index (χ0n) is 10.5. The Morgan fingerprint density at radius 2 is 2.11 bits per heavy atom. The number of nitriles is 1. The van der Waals surface area contributed by atoms with Crippen LogP contribution in [0.25, 0.3) is 0 Å². The van der Waals surface area contributed by atoms with Gasteiger partial charge >= 0.3 is 0 Å². The minimum absolute atomic E-state index is 0.156. The van der Waals surface area contributed by atoms with Crippen LogP contribution in [0.1, 0.15) is 24.5 Å². The van der Waals surface area contributed by atoms with E-state index in [2.05, 4.69) is 19.1 Å². The van der Waals surface area contributed by atoms with E-state index in [0.717, 1.165) is 25.1 Å². The lowest BCUT2D eigenvalue weighted by Crippen LogP contribution is -2.35. The third-order valence-corrected chi connectivity index (χ3v) is 3.23. The van der Waals surface area contributed by atoms with Crippen molar-refractivity contribution in [1.82, 2.24) is 4.90 Å². The topological polar surface area (TPSA) is 44.1 Å². The molecule has 0 radical (unpaired) electrons. The normalized spacial score (nSPS) is 14.9. The Morgan fingerprint density at radius 3 is 2.67 bits per heavy atom. The lowest BCUT2D eigenvalue weighted by Gasteiger charge is -2.25. The smallest absolute Gasteiger partial charge is 0.227 e. The second-order valence-corrected chi connectivity index (χ2v) is 4.63. The molecule has 0 spiro atoms. The summed E-state index contributed by atoms with van der Waals surface area (Å²) in [5.74, 6) is 0.156. The molecule has 0 bridgehead atoms. The van der Waals surface area contributed by atoms with Gasteiger partial charge in [0, 0.05) is 13.1 Å². The van der Waals surface area contributed by atoms with Crippen molar-refractivity contribution in [3.8, 4) is 6.07 Å². The molecule has 3 nitrogen and oxygen atoms in total. The molecule has 0 aliphatic carbocycles. The van der Waals surface area contributed by atoms with Crippen LogP contribution < -0.4 is 0 Å². The summed E-state index contributed by atoms with van der Waals surface area (Å²) in [6, 6.07) is 9.28. The van der Waals surface area contributed by atoms with Gasteiger partial charge < -0.3 is 4.90 Å². The van der Waals surface area contributed by atoms with Gasteiger partial charge in [-0.2, -0.15) is 5.26 Å². The number of nitrogens with zero attached hydrogens (tertiary/aromatic N) is 2. The van der Waals surface area contributed by atoms with E-state index in [1.165, 1.54) is 5.57 Å². The van der Waals surface area contributed by atoms with Gasteiger partial charge in [-0.15, -0.1) is 0 Å². The zero-order chi connectivity index (χ0) is 13.0. The monoisotopic (exact) mass is 240 g/mol. The van der Waals surface area contributed by atoms with Crippen LogP contribution in [0.3, 0.4) is 0 Å². The number of hydrogen-bond acceptors (Lipinski definition) is 2. The number of carbonyl (C=O) groups is 1. The molecule has 0 saturated carbocycles. The molecule has 2 rings (SSSR count). The van der Waals surface area contributed by atoms with Gasteiger partial charge in [-0.3, -0.25) is 4.79 Å². The molecule has 1 aromatic rings. The van der Waals surface area contributed by atoms with E-state index in [-0.39, 0.29) is 5.91 Å². The molecule has 0 saturated heterocycles. The van der Waals surface area contributed by atoms with Crippen LogP contribution in [0, 0.1) is 11.3 Å². The first-order valence-corrected chi connectivity index (χ1v) is 6.11. The average Bonchev–Trinajstić information content (AvgIpc) is 2.40. The molecule has 18 heavy (non-hydrogen) atoms. The van der Waals surface area contributed by atoms with Gasteiger partial charge in [0.25, 0.3) is 0 Å². The standard InChI is InChI=1S/C15H16N2O/c1-12-6-8-17(9-7-12)15(18)10-13-2-4-14(11-16)5-3-13/h2-6H,7-10H2,1H3. The Bertz CT molecular complexity index is 508. The predicted molar refractivity (Wildman–Crippen MR) is 69.8 cm³/mol. The summed E-state index contributed by atoms with van der Waals surface area (Å²) in [5.41, 5.74) is 2.95. The summed E-state index contributed by atoms with van der Waals surface area (Å²) in [4.78, 5) is 13.9. The quantitative estimate of drug-likeness (QED) is 0.744. The Balaban J connectivity index is 1.97. The van der Waals surface area contributed by atoms with Crippen molar-refractivity contribution < 1.29 is 4.79 Å². The summed E-state index contributed by atoms with van der Waals surface area (Å²) in [6.45, 7) is 3.64. The van der Waals surface area contributed by atoms with Crippen molar-refractivity contribution in [3.05, 3.63) is 47.0 Å². The third kappa shape index (κ3) is 2.98. The van der Waals surface area contributed by atoms with Crippen LogP contribution in [-0.2, 0) is 11.2 Å². The molecule has 0 atom stereocenters. The van der Waals surface area contributed by atoms with Crippen molar-refractivity contribution in [1.29, 1.82) is 5.26 Å². The Kier molecular flexibility index (Phi) is 3.78. The van der Waals surface area contributed by atoms with Crippen molar-refractivity contribution >= 4 is 5.91 Å². The van der Waals surface area contributed by atoms with Crippen LogP contribution in [0.4, 0.5) is 0 Å². The molecule has 0 N–H and O–H groups in total. The third-order valence-electron chi connectivity index (χ3n) is 3.23. The van der Waals surface area contributed by atoms with E-state index in [9.17, 15) is 4.79 Å². The van der Waals surface area contributed by atoms with Crippen molar-refractivity contribution in [3.63, 3.8) is 0 Å². The van der Waals surface area contributed by atoms with E-state index in [1.54, 1.807) is 12.1 Å². The first-order chi connectivity index (χ1) is 8.69. The van der Waals surface area contributed by atoms with E-state index in [1.807, 2.05) is 17.0 Å². The number of hydrogen-bond donors (Lipinski definition) is 0. The average molecular weight is 240 g/mol. The van der Waals surface area contributed by atoms with E-state index >= 15 is 0 Å². The number of carbonyl (C=O) groups excluding carboxylic acids is 1. The Morgan fingerprint density at radius 1 is 1.39 bits per heavy atom. The molecular weight excluding hydrogens is 224 g/mol. The number of rotatable bonds is 2. The molecule has 1 aliphatic heterocycles. The maximum absolute atomic E-state index is 12.1. The highest BCUT2D eigenvalue weighted by molar-refractivity contribution is 5.79. The molecule has 1 aliphatic rings. The minimum Gasteiger partial charge on any atom is -0.338 e. The molecule has 0 fully saturated rings. The molecule has 1 heterocycles. The molecule has 3 heteroatoms. The first-order valence-electron chi connectivity index (χ1n) is 6.11. The number of amides is 1. The maximum atomic E-state index is 12.1. The summed E-state index contributed by atoms with van der Waals surface area (Å²) in [5, 5.41) is 8.71. The van der Waals surface area contributed by atoms with E-state index in [0.29, 0.717) is 12.0 Å². The zero-order valence-corrected chi connectivity index (χ0v) is 10.5. The van der Waals surface area contributed by atoms with Crippen LogP contribution in [0.2, 0.25) is 0 Å². The fourth-order valence-electron chi connectivity index (χ4n) is 1.98. The summed E-state index contributed by atoms with van der Waals surface area (Å²) < 4.78 is 0. The lowest BCUT2D eigenvalue weighted by atomic mass is 10.1. The van der Waals surface area contributed by atoms with Crippen molar-refractivity contribution in [2.45, 2.75) is 19.8 Å². The highest BCUT2D eigenvalue weighted by atomic mass is 16.2.